The van der Waals surface area contributed by atoms with E-state index in [9.17, 15) is 18.5 Å². The zero-order valence-corrected chi connectivity index (χ0v) is 9.15. The molecule has 1 rings (SSSR count). The summed E-state index contributed by atoms with van der Waals surface area (Å²) in [5.41, 5.74) is 0. The average Bonchev–Trinajstić information content (AvgIpc) is 2.29. The number of primary sulfonamides is 1. The quantitative estimate of drug-likeness (QED) is 0.648. The minimum absolute atomic E-state index is 0.140. The Balaban J connectivity index is 3.35. The van der Waals surface area contributed by atoms with Gasteiger partial charge in [0.1, 0.15) is 4.90 Å². The zero-order valence-electron chi connectivity index (χ0n) is 5.93. The molecule has 1 aromatic heterocycles. The van der Waals surface area contributed by atoms with Crippen molar-refractivity contribution in [2.75, 3.05) is 0 Å². The molecule has 0 amide bonds. The van der Waals surface area contributed by atoms with E-state index in [0.717, 1.165) is 6.07 Å². The number of thiophene rings is 1. The number of rotatable bonds is 2. The zero-order chi connectivity index (χ0) is 10.2. The van der Waals surface area contributed by atoms with Crippen LogP contribution in [0.1, 0.15) is 0 Å². The van der Waals surface area contributed by atoms with E-state index in [4.69, 9.17) is 5.14 Å². The maximum Gasteiger partial charge on any atom is 0.326 e. The van der Waals surface area contributed by atoms with Crippen LogP contribution < -0.4 is 5.14 Å². The molecular formula is C4H3BrN2O4S2. The second kappa shape index (κ2) is 3.33. The summed E-state index contributed by atoms with van der Waals surface area (Å²) in [4.78, 5) is 9.32. The molecule has 0 aliphatic rings. The fourth-order valence-electron chi connectivity index (χ4n) is 0.624. The van der Waals surface area contributed by atoms with Crippen molar-refractivity contribution < 1.29 is 13.3 Å². The van der Waals surface area contributed by atoms with Crippen LogP contribution in [0.25, 0.3) is 0 Å². The standard InChI is InChI=1S/C4H3BrN2O4S2/c5-4-2(13(6,10)11)1-3(12-4)7(8)9/h1H,(H2,6,10,11). The number of sulfonamides is 1. The minimum atomic E-state index is -3.89. The van der Waals surface area contributed by atoms with Gasteiger partial charge in [-0.2, -0.15) is 0 Å². The van der Waals surface area contributed by atoms with Crippen molar-refractivity contribution in [3.05, 3.63) is 20.0 Å². The summed E-state index contributed by atoms with van der Waals surface area (Å²) in [6.45, 7) is 0. The Morgan fingerprint density at radius 2 is 2.15 bits per heavy atom. The van der Waals surface area contributed by atoms with Gasteiger partial charge in [0.2, 0.25) is 10.0 Å². The van der Waals surface area contributed by atoms with Crippen LogP contribution in [0.4, 0.5) is 5.00 Å². The molecule has 13 heavy (non-hydrogen) atoms. The highest BCUT2D eigenvalue weighted by molar-refractivity contribution is 9.11. The molecule has 0 aliphatic heterocycles. The SMILES string of the molecule is NS(=O)(=O)c1cc([N+](=O)[O-])sc1Br. The maximum absolute atomic E-state index is 10.8. The highest BCUT2D eigenvalue weighted by atomic mass is 79.9. The summed E-state index contributed by atoms with van der Waals surface area (Å²) in [5.74, 6) is 0. The van der Waals surface area contributed by atoms with Gasteiger partial charge in [0, 0.05) is 6.07 Å². The van der Waals surface area contributed by atoms with E-state index in [-0.39, 0.29) is 13.7 Å². The average molecular weight is 287 g/mol. The monoisotopic (exact) mass is 286 g/mol. The molecule has 2 N–H and O–H groups in total. The summed E-state index contributed by atoms with van der Waals surface area (Å²) in [5, 5.41) is 14.8. The fourth-order valence-corrected chi connectivity index (χ4v) is 3.56. The summed E-state index contributed by atoms with van der Waals surface area (Å²) in [6, 6.07) is 0.921. The number of halogens is 1. The molecule has 0 aliphatic carbocycles. The van der Waals surface area contributed by atoms with E-state index in [1.165, 1.54) is 0 Å². The van der Waals surface area contributed by atoms with Crippen LogP contribution in [-0.4, -0.2) is 13.3 Å². The second-order valence-corrected chi connectivity index (χ2v) is 5.90. The highest BCUT2D eigenvalue weighted by Crippen LogP contribution is 2.35. The smallest absolute Gasteiger partial charge is 0.258 e. The molecule has 0 spiro atoms. The first-order chi connectivity index (χ1) is 5.82. The third-order valence-corrected chi connectivity index (χ3v) is 4.24. The summed E-state index contributed by atoms with van der Waals surface area (Å²) < 4.78 is 21.8. The molecule has 0 bridgehead atoms. The van der Waals surface area contributed by atoms with E-state index < -0.39 is 14.9 Å². The molecule has 0 radical (unpaired) electrons. The van der Waals surface area contributed by atoms with Crippen molar-refractivity contribution in [1.82, 2.24) is 0 Å². The van der Waals surface area contributed by atoms with Crippen molar-refractivity contribution in [2.45, 2.75) is 4.90 Å². The molecule has 6 nitrogen and oxygen atoms in total. The topological polar surface area (TPSA) is 103 Å². The van der Waals surface area contributed by atoms with Gasteiger partial charge < -0.3 is 0 Å². The van der Waals surface area contributed by atoms with Crippen molar-refractivity contribution in [2.24, 2.45) is 5.14 Å². The normalized spacial score (nSPS) is 11.5. The van der Waals surface area contributed by atoms with Crippen LogP contribution in [0.5, 0.6) is 0 Å². The Morgan fingerprint density at radius 1 is 1.62 bits per heavy atom. The highest BCUT2D eigenvalue weighted by Gasteiger charge is 2.21. The maximum atomic E-state index is 10.8. The third kappa shape index (κ3) is 2.24. The van der Waals surface area contributed by atoms with Gasteiger partial charge in [-0.1, -0.05) is 11.3 Å². The second-order valence-electron chi connectivity index (χ2n) is 2.02. The van der Waals surface area contributed by atoms with Crippen molar-refractivity contribution in [3.8, 4) is 0 Å². The van der Waals surface area contributed by atoms with Crippen molar-refractivity contribution >= 4 is 42.3 Å². The van der Waals surface area contributed by atoms with Crippen LogP contribution >= 0.6 is 27.3 Å². The van der Waals surface area contributed by atoms with Gasteiger partial charge in [-0.05, 0) is 15.9 Å². The van der Waals surface area contributed by atoms with Gasteiger partial charge in [-0.15, -0.1) is 0 Å². The van der Waals surface area contributed by atoms with E-state index in [0.29, 0.717) is 11.3 Å². The van der Waals surface area contributed by atoms with Gasteiger partial charge >= 0.3 is 5.00 Å². The number of hydrogen-bond donors (Lipinski definition) is 1. The van der Waals surface area contributed by atoms with Gasteiger partial charge in [-0.3, -0.25) is 10.1 Å². The van der Waals surface area contributed by atoms with Crippen molar-refractivity contribution in [1.29, 1.82) is 0 Å². The molecule has 72 valence electrons. The van der Waals surface area contributed by atoms with Gasteiger partial charge in [0.15, 0.2) is 0 Å². The molecule has 0 saturated carbocycles. The van der Waals surface area contributed by atoms with Crippen LogP contribution in [0.3, 0.4) is 0 Å². The number of nitrogens with two attached hydrogens (primary N) is 1. The van der Waals surface area contributed by atoms with Gasteiger partial charge in [0.25, 0.3) is 0 Å². The molecule has 9 heteroatoms. The van der Waals surface area contributed by atoms with Crippen molar-refractivity contribution in [3.63, 3.8) is 0 Å². The Morgan fingerprint density at radius 3 is 2.38 bits per heavy atom. The molecule has 0 unspecified atom stereocenters. The molecule has 0 atom stereocenters. The van der Waals surface area contributed by atoms with Crippen LogP contribution in [-0.2, 0) is 10.0 Å². The summed E-state index contributed by atoms with van der Waals surface area (Å²) >= 11 is 3.58. The largest absolute Gasteiger partial charge is 0.326 e. The fraction of sp³-hybridized carbons (Fsp3) is 0. The van der Waals surface area contributed by atoms with E-state index in [2.05, 4.69) is 15.9 Å². The Labute approximate surface area is 85.7 Å². The molecule has 1 aromatic rings. The third-order valence-electron chi connectivity index (χ3n) is 1.13. The number of nitro groups is 1. The van der Waals surface area contributed by atoms with Gasteiger partial charge in [0.05, 0.1) is 8.71 Å². The van der Waals surface area contributed by atoms with E-state index in [1.54, 1.807) is 0 Å². The lowest BCUT2D eigenvalue weighted by molar-refractivity contribution is -0.380. The molecule has 0 saturated heterocycles. The number of hydrogen-bond acceptors (Lipinski definition) is 5. The Bertz CT molecular complexity index is 451. The minimum Gasteiger partial charge on any atom is -0.258 e. The lowest BCUT2D eigenvalue weighted by Crippen LogP contribution is -2.11. The van der Waals surface area contributed by atoms with E-state index >= 15 is 0 Å². The molecule has 0 fully saturated rings. The lowest BCUT2D eigenvalue weighted by Gasteiger charge is -1.90. The summed E-state index contributed by atoms with van der Waals surface area (Å²) in [7, 11) is -3.89. The van der Waals surface area contributed by atoms with E-state index in [1.807, 2.05) is 0 Å². The molecule has 0 aromatic carbocycles. The van der Waals surface area contributed by atoms with Gasteiger partial charge in [-0.25, -0.2) is 13.6 Å². The van der Waals surface area contributed by atoms with Crippen LogP contribution in [0, 0.1) is 10.1 Å². The Kier molecular flexibility index (Phi) is 2.71. The van der Waals surface area contributed by atoms with Crippen LogP contribution in [0.15, 0.2) is 14.7 Å². The first-order valence-corrected chi connectivity index (χ1v) is 5.94. The predicted octanol–water partition coefficient (Wildman–Crippen LogP) is 1.07. The van der Waals surface area contributed by atoms with Crippen LogP contribution in [0.2, 0.25) is 0 Å². The Hall–Kier alpha value is -0.510. The lowest BCUT2D eigenvalue weighted by atomic mass is 10.6. The molecule has 1 heterocycles. The predicted molar refractivity (Wildman–Crippen MR) is 50.0 cm³/mol. The summed E-state index contributed by atoms with van der Waals surface area (Å²) in [6.07, 6.45) is 0. The number of nitrogens with zero attached hydrogens (tertiary/aromatic N) is 1. The first kappa shape index (κ1) is 10.6. The molecular weight excluding hydrogens is 284 g/mol. The first-order valence-electron chi connectivity index (χ1n) is 2.79.